The van der Waals surface area contributed by atoms with E-state index in [0.29, 0.717) is 0 Å². The molecule has 3 heteroatoms. The summed E-state index contributed by atoms with van der Waals surface area (Å²) in [6.07, 6.45) is 1.80. The molecular weight excluding hydrogens is 210 g/mol. The van der Waals surface area contributed by atoms with Crippen molar-refractivity contribution < 1.29 is 0 Å². The fourth-order valence-corrected chi connectivity index (χ4v) is 2.12. The number of benzene rings is 1. The van der Waals surface area contributed by atoms with E-state index in [2.05, 4.69) is 33.8 Å². The van der Waals surface area contributed by atoms with E-state index in [4.69, 9.17) is 0 Å². The minimum Gasteiger partial charge on any atom is -0.366 e. The van der Waals surface area contributed by atoms with Crippen molar-refractivity contribution in [2.75, 3.05) is 5.32 Å². The number of nitrogens with zero attached hydrogens (tertiary/aromatic N) is 1. The van der Waals surface area contributed by atoms with Crippen LogP contribution in [0.25, 0.3) is 0 Å². The Bertz CT molecular complexity index is 508. The van der Waals surface area contributed by atoms with Gasteiger partial charge in [0.25, 0.3) is 0 Å². The van der Waals surface area contributed by atoms with E-state index in [1.54, 1.807) is 6.20 Å². The monoisotopic (exact) mass is 225 g/mol. The Balaban J connectivity index is 1.70. The van der Waals surface area contributed by atoms with Gasteiger partial charge in [-0.2, -0.15) is 0 Å². The Morgan fingerprint density at radius 2 is 2.06 bits per heavy atom. The number of pyridine rings is 1. The summed E-state index contributed by atoms with van der Waals surface area (Å²) in [4.78, 5) is 4.24. The molecule has 2 N–H and O–H groups in total. The third kappa shape index (κ3) is 2.29. The Hall–Kier alpha value is -1.87. The second-order valence-electron chi connectivity index (χ2n) is 4.28. The molecule has 1 aliphatic rings. The van der Waals surface area contributed by atoms with Crippen LogP contribution in [0.4, 0.5) is 5.82 Å². The SMILES string of the molecule is c1ccc(NCc2ccc3c(c2)CNC3)nc1. The zero-order valence-corrected chi connectivity index (χ0v) is 9.61. The zero-order chi connectivity index (χ0) is 11.5. The van der Waals surface area contributed by atoms with Gasteiger partial charge in [-0.1, -0.05) is 24.3 Å². The van der Waals surface area contributed by atoms with Crippen molar-refractivity contribution >= 4 is 5.82 Å². The number of rotatable bonds is 3. The van der Waals surface area contributed by atoms with E-state index >= 15 is 0 Å². The van der Waals surface area contributed by atoms with Crippen molar-refractivity contribution in [3.05, 3.63) is 59.3 Å². The predicted octanol–water partition coefficient (Wildman–Crippen LogP) is 2.30. The molecule has 0 radical (unpaired) electrons. The van der Waals surface area contributed by atoms with Crippen molar-refractivity contribution in [2.24, 2.45) is 0 Å². The van der Waals surface area contributed by atoms with Gasteiger partial charge in [-0.05, 0) is 28.8 Å². The highest BCUT2D eigenvalue weighted by Gasteiger charge is 2.09. The zero-order valence-electron chi connectivity index (χ0n) is 9.61. The maximum Gasteiger partial charge on any atom is 0.126 e. The molecule has 0 fully saturated rings. The molecule has 2 aromatic rings. The van der Waals surface area contributed by atoms with Crippen LogP contribution >= 0.6 is 0 Å². The predicted molar refractivity (Wildman–Crippen MR) is 68.5 cm³/mol. The standard InChI is InChI=1S/C14H15N3/c1-2-6-16-14(3-1)17-8-11-4-5-12-9-15-10-13(12)7-11/h1-7,15H,8-10H2,(H,16,17). The molecular formula is C14H15N3. The van der Waals surface area contributed by atoms with Gasteiger partial charge < -0.3 is 10.6 Å². The fourth-order valence-electron chi connectivity index (χ4n) is 2.12. The highest BCUT2D eigenvalue weighted by atomic mass is 15.0. The first-order chi connectivity index (χ1) is 8.42. The Morgan fingerprint density at radius 1 is 1.12 bits per heavy atom. The van der Waals surface area contributed by atoms with Crippen LogP contribution in [0, 0.1) is 0 Å². The summed E-state index contributed by atoms with van der Waals surface area (Å²) in [7, 11) is 0. The normalized spacial score (nSPS) is 13.4. The van der Waals surface area contributed by atoms with Gasteiger partial charge in [-0.3, -0.25) is 0 Å². The quantitative estimate of drug-likeness (QED) is 0.841. The number of aromatic nitrogens is 1. The van der Waals surface area contributed by atoms with Gasteiger partial charge in [0.15, 0.2) is 0 Å². The molecule has 1 aromatic carbocycles. The summed E-state index contributed by atoms with van der Waals surface area (Å²) in [5, 5.41) is 6.68. The first-order valence-electron chi connectivity index (χ1n) is 5.88. The number of hydrogen-bond acceptors (Lipinski definition) is 3. The van der Waals surface area contributed by atoms with E-state index in [1.165, 1.54) is 16.7 Å². The van der Waals surface area contributed by atoms with Crippen LogP contribution in [0.3, 0.4) is 0 Å². The van der Waals surface area contributed by atoms with E-state index in [0.717, 1.165) is 25.5 Å². The van der Waals surface area contributed by atoms with Gasteiger partial charge in [0.05, 0.1) is 0 Å². The second-order valence-corrected chi connectivity index (χ2v) is 4.28. The molecule has 2 heterocycles. The highest BCUT2D eigenvalue weighted by molar-refractivity contribution is 5.38. The Labute approximate surface area is 101 Å². The molecule has 86 valence electrons. The van der Waals surface area contributed by atoms with Crippen LogP contribution in [0.2, 0.25) is 0 Å². The van der Waals surface area contributed by atoms with Gasteiger partial charge in [0.1, 0.15) is 5.82 Å². The molecule has 1 aliphatic heterocycles. The van der Waals surface area contributed by atoms with Crippen LogP contribution in [0.1, 0.15) is 16.7 Å². The average molecular weight is 225 g/mol. The van der Waals surface area contributed by atoms with Gasteiger partial charge in [0.2, 0.25) is 0 Å². The van der Waals surface area contributed by atoms with Crippen molar-refractivity contribution in [1.82, 2.24) is 10.3 Å². The van der Waals surface area contributed by atoms with E-state index in [-0.39, 0.29) is 0 Å². The summed E-state index contributed by atoms with van der Waals surface area (Å²) in [6.45, 7) is 2.82. The van der Waals surface area contributed by atoms with Crippen LogP contribution in [-0.2, 0) is 19.6 Å². The first-order valence-corrected chi connectivity index (χ1v) is 5.88. The Kier molecular flexibility index (Phi) is 2.76. The number of fused-ring (bicyclic) bond motifs is 1. The molecule has 17 heavy (non-hydrogen) atoms. The summed E-state index contributed by atoms with van der Waals surface area (Å²) in [5.74, 6) is 0.922. The van der Waals surface area contributed by atoms with E-state index in [1.807, 2.05) is 18.2 Å². The van der Waals surface area contributed by atoms with Crippen LogP contribution < -0.4 is 10.6 Å². The van der Waals surface area contributed by atoms with Crippen LogP contribution in [0.5, 0.6) is 0 Å². The lowest BCUT2D eigenvalue weighted by atomic mass is 10.1. The smallest absolute Gasteiger partial charge is 0.126 e. The molecule has 0 amide bonds. The minimum absolute atomic E-state index is 0.824. The first kappa shape index (κ1) is 10.3. The van der Waals surface area contributed by atoms with E-state index in [9.17, 15) is 0 Å². The van der Waals surface area contributed by atoms with Gasteiger partial charge in [0, 0.05) is 25.8 Å². The highest BCUT2D eigenvalue weighted by Crippen LogP contribution is 2.17. The molecule has 0 unspecified atom stereocenters. The molecule has 3 rings (SSSR count). The molecule has 1 aromatic heterocycles. The summed E-state index contributed by atoms with van der Waals surface area (Å²) < 4.78 is 0. The molecule has 0 saturated carbocycles. The van der Waals surface area contributed by atoms with E-state index < -0.39 is 0 Å². The third-order valence-electron chi connectivity index (χ3n) is 3.04. The van der Waals surface area contributed by atoms with Crippen molar-refractivity contribution in [3.8, 4) is 0 Å². The maximum atomic E-state index is 4.24. The van der Waals surface area contributed by atoms with Gasteiger partial charge >= 0.3 is 0 Å². The molecule has 0 spiro atoms. The second kappa shape index (κ2) is 4.55. The summed E-state index contributed by atoms with van der Waals surface area (Å²) in [5.41, 5.74) is 4.15. The van der Waals surface area contributed by atoms with Gasteiger partial charge in [-0.15, -0.1) is 0 Å². The number of nitrogens with one attached hydrogen (secondary N) is 2. The Morgan fingerprint density at radius 3 is 2.94 bits per heavy atom. The largest absolute Gasteiger partial charge is 0.366 e. The molecule has 0 aliphatic carbocycles. The molecule has 3 nitrogen and oxygen atoms in total. The number of hydrogen-bond donors (Lipinski definition) is 2. The number of anilines is 1. The topological polar surface area (TPSA) is 37.0 Å². The van der Waals surface area contributed by atoms with Crippen LogP contribution in [-0.4, -0.2) is 4.98 Å². The molecule has 0 saturated heterocycles. The molecule has 0 bridgehead atoms. The van der Waals surface area contributed by atoms with Crippen molar-refractivity contribution in [3.63, 3.8) is 0 Å². The van der Waals surface area contributed by atoms with Crippen LogP contribution in [0.15, 0.2) is 42.6 Å². The minimum atomic E-state index is 0.824. The third-order valence-corrected chi connectivity index (χ3v) is 3.04. The average Bonchev–Trinajstić information content (AvgIpc) is 2.85. The molecule has 0 atom stereocenters. The lowest BCUT2D eigenvalue weighted by molar-refractivity contribution is 0.764. The van der Waals surface area contributed by atoms with Gasteiger partial charge in [-0.25, -0.2) is 4.98 Å². The van der Waals surface area contributed by atoms with Crippen molar-refractivity contribution in [2.45, 2.75) is 19.6 Å². The summed E-state index contributed by atoms with van der Waals surface area (Å²) in [6, 6.07) is 12.6. The fraction of sp³-hybridized carbons (Fsp3) is 0.214. The van der Waals surface area contributed by atoms with Crippen molar-refractivity contribution in [1.29, 1.82) is 0 Å². The maximum absolute atomic E-state index is 4.24. The lowest BCUT2D eigenvalue weighted by Crippen LogP contribution is -2.01. The lowest BCUT2D eigenvalue weighted by Gasteiger charge is -2.07. The summed E-state index contributed by atoms with van der Waals surface area (Å²) >= 11 is 0.